The van der Waals surface area contributed by atoms with Gasteiger partial charge in [-0.05, 0) is 38.2 Å². The molecule has 1 aliphatic carbocycles. The molecule has 2 aliphatic rings. The smallest absolute Gasteiger partial charge is 0.359 e. The molecule has 0 N–H and O–H groups in total. The number of fused-ring (bicyclic) bond motifs is 1. The zero-order valence-electron chi connectivity index (χ0n) is 16.9. The summed E-state index contributed by atoms with van der Waals surface area (Å²) in [6.07, 6.45) is 8.26. The van der Waals surface area contributed by atoms with Crippen molar-refractivity contribution >= 4 is 5.97 Å². The molecule has 0 saturated heterocycles. The second-order valence-electron chi connectivity index (χ2n) is 7.97. The molecule has 5 heteroatoms. The maximum Gasteiger partial charge on any atom is 0.359 e. The van der Waals surface area contributed by atoms with Crippen molar-refractivity contribution in [3.8, 4) is 0 Å². The van der Waals surface area contributed by atoms with Gasteiger partial charge in [0, 0.05) is 43.4 Å². The van der Waals surface area contributed by atoms with Crippen molar-refractivity contribution in [3.63, 3.8) is 0 Å². The summed E-state index contributed by atoms with van der Waals surface area (Å²) < 4.78 is 7.39. The predicted octanol–water partition coefficient (Wildman–Crippen LogP) is 3.99. The third-order valence-electron chi connectivity index (χ3n) is 6.15. The van der Waals surface area contributed by atoms with Gasteiger partial charge in [0.15, 0.2) is 5.69 Å². The fourth-order valence-corrected chi connectivity index (χ4v) is 4.72. The first kappa shape index (κ1) is 19.2. The van der Waals surface area contributed by atoms with Crippen LogP contribution >= 0.6 is 0 Å². The van der Waals surface area contributed by atoms with Gasteiger partial charge in [-0.15, -0.1) is 0 Å². The quantitative estimate of drug-likeness (QED) is 0.681. The van der Waals surface area contributed by atoms with Crippen LogP contribution in [0.5, 0.6) is 0 Å². The summed E-state index contributed by atoms with van der Waals surface area (Å²) >= 11 is 0. The van der Waals surface area contributed by atoms with E-state index in [2.05, 4.69) is 39.9 Å². The highest BCUT2D eigenvalue weighted by molar-refractivity contribution is 5.89. The number of aryl methyl sites for hydroxylation is 2. The monoisotopic (exact) mass is 381 g/mol. The Balaban J connectivity index is 1.51. The minimum absolute atomic E-state index is 0.270. The van der Waals surface area contributed by atoms with E-state index in [1.54, 1.807) is 0 Å². The van der Waals surface area contributed by atoms with Crippen molar-refractivity contribution in [1.29, 1.82) is 0 Å². The Morgan fingerprint density at radius 2 is 2.00 bits per heavy atom. The Labute approximate surface area is 167 Å². The predicted molar refractivity (Wildman–Crippen MR) is 109 cm³/mol. The molecule has 0 amide bonds. The number of hydrogen-bond acceptors (Lipinski definition) is 4. The van der Waals surface area contributed by atoms with Crippen LogP contribution in [0.15, 0.2) is 30.3 Å². The average molecular weight is 382 g/mol. The topological polar surface area (TPSA) is 47.4 Å². The molecule has 150 valence electrons. The SMILES string of the molecule is CCOC(=O)c1nn(CCCc2ccccc2)c2c1CN(C1CCCC1)CC2. The third kappa shape index (κ3) is 4.14. The molecule has 0 bridgehead atoms. The van der Waals surface area contributed by atoms with Crippen molar-refractivity contribution in [2.45, 2.75) is 71.0 Å². The molecule has 1 aliphatic heterocycles. The lowest BCUT2D eigenvalue weighted by atomic mass is 10.0. The van der Waals surface area contributed by atoms with Gasteiger partial charge < -0.3 is 4.74 Å². The highest BCUT2D eigenvalue weighted by Crippen LogP contribution is 2.30. The van der Waals surface area contributed by atoms with E-state index in [0.29, 0.717) is 18.3 Å². The van der Waals surface area contributed by atoms with E-state index in [4.69, 9.17) is 9.84 Å². The minimum atomic E-state index is -0.270. The third-order valence-corrected chi connectivity index (χ3v) is 6.15. The van der Waals surface area contributed by atoms with Crippen LogP contribution < -0.4 is 0 Å². The van der Waals surface area contributed by atoms with Crippen LogP contribution in [0.25, 0.3) is 0 Å². The summed E-state index contributed by atoms with van der Waals surface area (Å²) in [7, 11) is 0. The molecule has 4 rings (SSSR count). The molecule has 5 nitrogen and oxygen atoms in total. The van der Waals surface area contributed by atoms with E-state index in [1.165, 1.54) is 36.9 Å². The summed E-state index contributed by atoms with van der Waals surface area (Å²) in [6, 6.07) is 11.2. The Kier molecular flexibility index (Phi) is 6.10. The van der Waals surface area contributed by atoms with Gasteiger partial charge in [-0.3, -0.25) is 9.58 Å². The molecule has 1 fully saturated rings. The number of rotatable bonds is 7. The van der Waals surface area contributed by atoms with E-state index in [9.17, 15) is 4.79 Å². The van der Waals surface area contributed by atoms with Crippen molar-refractivity contribution in [3.05, 3.63) is 52.8 Å². The molecule has 1 saturated carbocycles. The number of hydrogen-bond donors (Lipinski definition) is 0. The maximum atomic E-state index is 12.5. The molecule has 2 heterocycles. The first-order valence-electron chi connectivity index (χ1n) is 10.8. The molecule has 0 atom stereocenters. The normalized spacial score (nSPS) is 17.6. The van der Waals surface area contributed by atoms with Gasteiger partial charge in [-0.1, -0.05) is 43.2 Å². The largest absolute Gasteiger partial charge is 0.461 e. The van der Waals surface area contributed by atoms with Crippen LogP contribution in [0.3, 0.4) is 0 Å². The summed E-state index contributed by atoms with van der Waals surface area (Å²) in [5.41, 5.74) is 4.24. The molecule has 1 aromatic heterocycles. The number of carbonyl (C=O) groups excluding carboxylic acids is 1. The van der Waals surface area contributed by atoms with E-state index in [0.717, 1.165) is 44.5 Å². The molecule has 0 unspecified atom stereocenters. The standard InChI is InChI=1S/C23H31N3O2/c1-2-28-23(27)22-20-17-25(19-12-6-7-13-19)16-14-21(20)26(24-22)15-8-11-18-9-4-3-5-10-18/h3-5,9-10,19H,2,6-8,11-17H2,1H3. The average Bonchev–Trinajstić information content (AvgIpc) is 3.37. The summed E-state index contributed by atoms with van der Waals surface area (Å²) in [6.45, 7) is 5.00. The van der Waals surface area contributed by atoms with Crippen molar-refractivity contribution in [2.24, 2.45) is 0 Å². The molecule has 0 spiro atoms. The van der Waals surface area contributed by atoms with Gasteiger partial charge in [0.05, 0.1) is 6.61 Å². The Morgan fingerprint density at radius 1 is 1.21 bits per heavy atom. The minimum Gasteiger partial charge on any atom is -0.461 e. The highest BCUT2D eigenvalue weighted by Gasteiger charge is 2.32. The number of esters is 1. The van der Waals surface area contributed by atoms with Crippen LogP contribution in [0.1, 0.15) is 66.3 Å². The lowest BCUT2D eigenvalue weighted by molar-refractivity contribution is 0.0515. The second kappa shape index (κ2) is 8.91. The molecule has 0 radical (unpaired) electrons. The van der Waals surface area contributed by atoms with Crippen molar-refractivity contribution in [2.75, 3.05) is 13.2 Å². The van der Waals surface area contributed by atoms with Gasteiger partial charge in [0.25, 0.3) is 0 Å². The first-order chi connectivity index (χ1) is 13.8. The molecular weight excluding hydrogens is 350 g/mol. The Hall–Kier alpha value is -2.14. The number of aromatic nitrogens is 2. The first-order valence-corrected chi connectivity index (χ1v) is 10.8. The van der Waals surface area contributed by atoms with Crippen LogP contribution in [0.2, 0.25) is 0 Å². The van der Waals surface area contributed by atoms with Crippen molar-refractivity contribution < 1.29 is 9.53 Å². The van der Waals surface area contributed by atoms with Gasteiger partial charge in [-0.2, -0.15) is 5.10 Å². The molecule has 28 heavy (non-hydrogen) atoms. The number of carbonyl (C=O) groups is 1. The number of nitrogens with zero attached hydrogens (tertiary/aromatic N) is 3. The Morgan fingerprint density at radius 3 is 2.75 bits per heavy atom. The fourth-order valence-electron chi connectivity index (χ4n) is 4.72. The van der Waals surface area contributed by atoms with Gasteiger partial charge >= 0.3 is 5.97 Å². The maximum absolute atomic E-state index is 12.5. The van der Waals surface area contributed by atoms with Gasteiger partial charge in [0.2, 0.25) is 0 Å². The molecule has 1 aromatic carbocycles. The highest BCUT2D eigenvalue weighted by atomic mass is 16.5. The van der Waals surface area contributed by atoms with Gasteiger partial charge in [-0.25, -0.2) is 4.79 Å². The fraction of sp³-hybridized carbons (Fsp3) is 0.565. The lowest BCUT2D eigenvalue weighted by Gasteiger charge is -2.32. The Bertz CT molecular complexity index is 794. The summed E-state index contributed by atoms with van der Waals surface area (Å²) in [5.74, 6) is -0.270. The number of ether oxygens (including phenoxy) is 1. The van der Waals surface area contributed by atoms with E-state index in [-0.39, 0.29) is 5.97 Å². The van der Waals surface area contributed by atoms with Crippen LogP contribution in [0, 0.1) is 0 Å². The van der Waals surface area contributed by atoms with E-state index >= 15 is 0 Å². The van der Waals surface area contributed by atoms with Crippen LogP contribution in [-0.2, 0) is 30.7 Å². The second-order valence-corrected chi connectivity index (χ2v) is 7.97. The van der Waals surface area contributed by atoms with Gasteiger partial charge in [0.1, 0.15) is 0 Å². The van der Waals surface area contributed by atoms with E-state index in [1.807, 2.05) is 6.92 Å². The van der Waals surface area contributed by atoms with E-state index < -0.39 is 0 Å². The molecular formula is C23H31N3O2. The zero-order valence-corrected chi connectivity index (χ0v) is 16.9. The van der Waals surface area contributed by atoms with Crippen molar-refractivity contribution in [1.82, 2.24) is 14.7 Å². The zero-order chi connectivity index (χ0) is 19.3. The summed E-state index contributed by atoms with van der Waals surface area (Å²) in [5, 5.41) is 4.72. The molecule has 2 aromatic rings. The van der Waals surface area contributed by atoms with Crippen LogP contribution in [0.4, 0.5) is 0 Å². The lowest BCUT2D eigenvalue weighted by Crippen LogP contribution is -2.38. The summed E-state index contributed by atoms with van der Waals surface area (Å²) in [4.78, 5) is 15.1. The number of benzene rings is 1. The van der Waals surface area contributed by atoms with Crippen LogP contribution in [-0.4, -0.2) is 39.8 Å².